The van der Waals surface area contributed by atoms with E-state index in [2.05, 4.69) is 14.9 Å². The van der Waals surface area contributed by atoms with Crippen LogP contribution in [0.3, 0.4) is 0 Å². The Morgan fingerprint density at radius 2 is 1.68 bits per heavy atom. The third kappa shape index (κ3) is 5.85. The first-order valence-electron chi connectivity index (χ1n) is 9.41. The summed E-state index contributed by atoms with van der Waals surface area (Å²) in [4.78, 5) is 13.3. The van der Waals surface area contributed by atoms with Crippen LogP contribution < -0.4 is 4.90 Å². The van der Waals surface area contributed by atoms with Crippen molar-refractivity contribution < 1.29 is 13.2 Å². The maximum Gasteiger partial charge on any atom is 0.416 e. The molecule has 0 atom stereocenters. The zero-order valence-electron chi connectivity index (χ0n) is 16.2. The van der Waals surface area contributed by atoms with Gasteiger partial charge in [0.1, 0.15) is 0 Å². The fraction of sp³-hybridized carbons (Fsp3) is 0.500. The van der Waals surface area contributed by atoms with E-state index in [4.69, 9.17) is 0 Å². The lowest BCUT2D eigenvalue weighted by atomic mass is 10.1. The van der Waals surface area contributed by atoms with E-state index in [9.17, 15) is 13.2 Å². The molecule has 0 unspecified atom stereocenters. The predicted octanol–water partition coefficient (Wildman–Crippen LogP) is 4.42. The molecule has 28 heavy (non-hydrogen) atoms. The van der Waals surface area contributed by atoms with Crippen LogP contribution in [0, 0.1) is 13.8 Å². The second-order valence-corrected chi connectivity index (χ2v) is 8.07. The minimum atomic E-state index is -4.30. The lowest BCUT2D eigenvalue weighted by Gasteiger charge is -2.36. The van der Waals surface area contributed by atoms with Gasteiger partial charge in [-0.3, -0.25) is 4.90 Å². The van der Waals surface area contributed by atoms with Gasteiger partial charge in [0, 0.05) is 49.0 Å². The standard InChI is InChI=1S/C20H25F3N4S/c1-15-13-16(2)25-19(24-15)28-12-4-7-26-8-10-27(11-9-26)18-6-3-5-17(14-18)20(21,22)23/h3,5-6,13-14H,4,7-12H2,1-2H3. The Kier molecular flexibility index (Phi) is 6.82. The SMILES string of the molecule is Cc1cc(C)nc(SCCCN2CCN(c3cccc(C(F)(F)F)c3)CC2)n1. The lowest BCUT2D eigenvalue weighted by Crippen LogP contribution is -2.46. The van der Waals surface area contributed by atoms with Crippen LogP contribution in [0.25, 0.3) is 0 Å². The molecular formula is C20H25F3N4S. The van der Waals surface area contributed by atoms with Crippen molar-refractivity contribution in [2.24, 2.45) is 0 Å². The average Bonchev–Trinajstić information content (AvgIpc) is 2.64. The van der Waals surface area contributed by atoms with Crippen molar-refractivity contribution in [3.63, 3.8) is 0 Å². The molecule has 8 heteroatoms. The molecule has 3 rings (SSSR count). The number of rotatable bonds is 6. The number of aromatic nitrogens is 2. The Morgan fingerprint density at radius 1 is 1.00 bits per heavy atom. The summed E-state index contributed by atoms with van der Waals surface area (Å²) in [5.41, 5.74) is 2.04. The fourth-order valence-electron chi connectivity index (χ4n) is 3.32. The smallest absolute Gasteiger partial charge is 0.369 e. The first-order valence-corrected chi connectivity index (χ1v) is 10.4. The molecule has 0 bridgehead atoms. The molecule has 1 fully saturated rings. The summed E-state index contributed by atoms with van der Waals surface area (Å²) < 4.78 is 38.7. The highest BCUT2D eigenvalue weighted by atomic mass is 32.2. The minimum Gasteiger partial charge on any atom is -0.369 e. The van der Waals surface area contributed by atoms with Crippen molar-refractivity contribution in [2.75, 3.05) is 43.4 Å². The molecule has 2 aromatic rings. The van der Waals surface area contributed by atoms with Crippen LogP contribution in [0.5, 0.6) is 0 Å². The summed E-state index contributed by atoms with van der Waals surface area (Å²) in [5.74, 6) is 0.955. The highest BCUT2D eigenvalue weighted by Gasteiger charge is 2.31. The number of thioether (sulfide) groups is 1. The van der Waals surface area contributed by atoms with E-state index in [-0.39, 0.29) is 0 Å². The van der Waals surface area contributed by atoms with Gasteiger partial charge in [-0.05, 0) is 51.1 Å². The highest BCUT2D eigenvalue weighted by molar-refractivity contribution is 7.99. The molecule has 152 valence electrons. The number of alkyl halides is 3. The second-order valence-electron chi connectivity index (χ2n) is 7.01. The Morgan fingerprint density at radius 3 is 2.32 bits per heavy atom. The second kappa shape index (κ2) is 9.13. The Balaban J connectivity index is 1.42. The normalized spacial score (nSPS) is 15.8. The van der Waals surface area contributed by atoms with E-state index in [1.54, 1.807) is 17.8 Å². The van der Waals surface area contributed by atoms with Crippen LogP contribution in [-0.4, -0.2) is 53.3 Å². The van der Waals surface area contributed by atoms with Crippen molar-refractivity contribution >= 4 is 17.4 Å². The number of hydrogen-bond donors (Lipinski definition) is 0. The van der Waals surface area contributed by atoms with Crippen molar-refractivity contribution in [1.29, 1.82) is 0 Å². The van der Waals surface area contributed by atoms with Gasteiger partial charge in [0.15, 0.2) is 5.16 Å². The van der Waals surface area contributed by atoms with Crippen LogP contribution >= 0.6 is 11.8 Å². The van der Waals surface area contributed by atoms with Crippen LogP contribution in [0.2, 0.25) is 0 Å². The van der Waals surface area contributed by atoms with Crippen molar-refractivity contribution in [3.8, 4) is 0 Å². The number of nitrogens with zero attached hydrogens (tertiary/aromatic N) is 4. The molecule has 0 amide bonds. The number of piperazine rings is 1. The van der Waals surface area contributed by atoms with Gasteiger partial charge in [-0.1, -0.05) is 17.8 Å². The molecule has 1 saturated heterocycles. The molecular weight excluding hydrogens is 385 g/mol. The average molecular weight is 411 g/mol. The van der Waals surface area contributed by atoms with E-state index in [0.717, 1.165) is 67.5 Å². The molecule has 2 heterocycles. The molecule has 4 nitrogen and oxygen atoms in total. The molecule has 1 aliphatic rings. The molecule has 0 aliphatic carbocycles. The monoisotopic (exact) mass is 410 g/mol. The molecule has 0 N–H and O–H groups in total. The fourth-order valence-corrected chi connectivity index (χ4v) is 4.19. The van der Waals surface area contributed by atoms with E-state index < -0.39 is 11.7 Å². The first kappa shape index (κ1) is 20.9. The number of anilines is 1. The number of aryl methyl sites for hydroxylation is 2. The zero-order chi connectivity index (χ0) is 20.1. The zero-order valence-corrected chi connectivity index (χ0v) is 17.0. The van der Waals surface area contributed by atoms with E-state index in [0.29, 0.717) is 5.69 Å². The highest BCUT2D eigenvalue weighted by Crippen LogP contribution is 2.31. The van der Waals surface area contributed by atoms with Gasteiger partial charge >= 0.3 is 6.18 Å². The summed E-state index contributed by atoms with van der Waals surface area (Å²) in [6, 6.07) is 7.57. The predicted molar refractivity (Wildman–Crippen MR) is 107 cm³/mol. The molecule has 0 saturated carbocycles. The first-order chi connectivity index (χ1) is 13.3. The van der Waals surface area contributed by atoms with Gasteiger partial charge in [-0.25, -0.2) is 9.97 Å². The summed E-state index contributed by atoms with van der Waals surface area (Å²) in [5, 5.41) is 0.826. The number of hydrogen-bond acceptors (Lipinski definition) is 5. The summed E-state index contributed by atoms with van der Waals surface area (Å²) in [7, 11) is 0. The van der Waals surface area contributed by atoms with E-state index in [1.165, 1.54) is 12.1 Å². The third-order valence-electron chi connectivity index (χ3n) is 4.72. The summed E-state index contributed by atoms with van der Waals surface area (Å²) >= 11 is 1.67. The number of benzene rings is 1. The van der Waals surface area contributed by atoms with Crippen LogP contribution in [-0.2, 0) is 6.18 Å². The van der Waals surface area contributed by atoms with E-state index >= 15 is 0 Å². The van der Waals surface area contributed by atoms with Gasteiger partial charge in [-0.15, -0.1) is 0 Å². The van der Waals surface area contributed by atoms with Gasteiger partial charge in [0.25, 0.3) is 0 Å². The Bertz CT molecular complexity index is 769. The van der Waals surface area contributed by atoms with Crippen molar-refractivity contribution in [2.45, 2.75) is 31.6 Å². The van der Waals surface area contributed by atoms with Crippen LogP contribution in [0.4, 0.5) is 18.9 Å². The maximum absolute atomic E-state index is 12.9. The lowest BCUT2D eigenvalue weighted by molar-refractivity contribution is -0.137. The van der Waals surface area contributed by atoms with Crippen molar-refractivity contribution in [1.82, 2.24) is 14.9 Å². The van der Waals surface area contributed by atoms with Crippen molar-refractivity contribution in [3.05, 3.63) is 47.3 Å². The Hall–Kier alpha value is -1.80. The van der Waals surface area contributed by atoms with E-state index in [1.807, 2.05) is 24.8 Å². The molecule has 0 radical (unpaired) electrons. The van der Waals surface area contributed by atoms with Gasteiger partial charge in [0.2, 0.25) is 0 Å². The summed E-state index contributed by atoms with van der Waals surface area (Å²) in [6.07, 6.45) is -3.26. The molecule has 1 aromatic heterocycles. The molecule has 1 aromatic carbocycles. The topological polar surface area (TPSA) is 32.3 Å². The minimum absolute atomic E-state index is 0.585. The van der Waals surface area contributed by atoms with Gasteiger partial charge < -0.3 is 4.90 Å². The summed E-state index contributed by atoms with van der Waals surface area (Å²) in [6.45, 7) is 8.14. The quantitative estimate of drug-likeness (QED) is 0.400. The van der Waals surface area contributed by atoms with Crippen LogP contribution in [0.15, 0.2) is 35.5 Å². The van der Waals surface area contributed by atoms with Gasteiger partial charge in [0.05, 0.1) is 5.56 Å². The van der Waals surface area contributed by atoms with Gasteiger partial charge in [-0.2, -0.15) is 13.2 Å². The Labute approximate surface area is 168 Å². The molecule has 1 aliphatic heterocycles. The maximum atomic E-state index is 12.9. The third-order valence-corrected chi connectivity index (χ3v) is 5.66. The van der Waals surface area contributed by atoms with Crippen LogP contribution in [0.1, 0.15) is 23.4 Å². The molecule has 0 spiro atoms. The number of halogens is 3. The largest absolute Gasteiger partial charge is 0.416 e.